The first-order valence-corrected chi connectivity index (χ1v) is 3.64. The predicted molar refractivity (Wildman–Crippen MR) is 45.5 cm³/mol. The average molecular weight is 135 g/mol. The molecule has 0 amide bonds. The van der Waals surface area contributed by atoms with E-state index in [0.29, 0.717) is 0 Å². The molecule has 1 nitrogen and oxygen atoms in total. The number of nitrogens with zero attached hydrogens (tertiary/aromatic N) is 1. The lowest BCUT2D eigenvalue weighted by Crippen LogP contribution is -1.98. The van der Waals surface area contributed by atoms with Crippen LogP contribution in [0.3, 0.4) is 0 Å². The second-order valence-corrected chi connectivity index (χ2v) is 2.47. The van der Waals surface area contributed by atoms with E-state index in [9.17, 15) is 0 Å². The van der Waals surface area contributed by atoms with Crippen LogP contribution in [0.5, 0.6) is 0 Å². The van der Waals surface area contributed by atoms with Gasteiger partial charge in [-0.05, 0) is 25.3 Å². The zero-order chi connectivity index (χ0) is 7.40. The molecule has 0 saturated heterocycles. The van der Waals surface area contributed by atoms with Gasteiger partial charge in [0.1, 0.15) is 0 Å². The van der Waals surface area contributed by atoms with Crippen molar-refractivity contribution in [1.29, 1.82) is 0 Å². The molecule has 1 aliphatic carbocycles. The summed E-state index contributed by atoms with van der Waals surface area (Å²) in [5, 5.41) is 0. The molecule has 0 N–H and O–H groups in total. The third-order valence-corrected chi connectivity index (χ3v) is 1.81. The minimum absolute atomic E-state index is 1.15. The van der Waals surface area contributed by atoms with E-state index in [-0.39, 0.29) is 0 Å². The second-order valence-electron chi connectivity index (χ2n) is 2.47. The van der Waals surface area contributed by atoms with E-state index in [2.05, 4.69) is 30.1 Å². The summed E-state index contributed by atoms with van der Waals surface area (Å²) in [5.41, 5.74) is 2.55. The molecule has 0 atom stereocenters. The number of allylic oxidation sites excluding steroid dienone is 4. The van der Waals surface area contributed by atoms with Gasteiger partial charge in [-0.1, -0.05) is 18.2 Å². The van der Waals surface area contributed by atoms with Gasteiger partial charge in [-0.25, -0.2) is 0 Å². The van der Waals surface area contributed by atoms with Gasteiger partial charge in [-0.15, -0.1) is 0 Å². The van der Waals surface area contributed by atoms with E-state index in [1.165, 1.54) is 17.7 Å². The molecule has 54 valence electrons. The van der Waals surface area contributed by atoms with Crippen LogP contribution in [0, 0.1) is 0 Å². The zero-order valence-electron chi connectivity index (χ0n) is 6.59. The predicted octanol–water partition coefficient (Wildman–Crippen LogP) is 2.35. The third kappa shape index (κ3) is 1.56. The molecule has 0 radical (unpaired) electrons. The van der Waals surface area contributed by atoms with Gasteiger partial charge in [0.05, 0.1) is 0 Å². The van der Waals surface area contributed by atoms with E-state index < -0.39 is 0 Å². The Bertz CT molecular complexity index is 197. The molecule has 0 saturated carbocycles. The number of hydrogen-bond acceptors (Lipinski definition) is 1. The molecule has 1 heteroatoms. The molecular weight excluding hydrogens is 122 g/mol. The fourth-order valence-electron chi connectivity index (χ4n) is 1.05. The van der Waals surface area contributed by atoms with Crippen molar-refractivity contribution in [1.82, 2.24) is 0 Å². The summed E-state index contributed by atoms with van der Waals surface area (Å²) in [6, 6.07) is 0. The molecule has 10 heavy (non-hydrogen) atoms. The van der Waals surface area contributed by atoms with Gasteiger partial charge >= 0.3 is 0 Å². The molecule has 0 aromatic carbocycles. The van der Waals surface area contributed by atoms with Crippen molar-refractivity contribution in [2.45, 2.75) is 19.8 Å². The lowest BCUT2D eigenvalue weighted by molar-refractivity contribution is 1.000. The Hall–Kier alpha value is -0.850. The van der Waals surface area contributed by atoms with Gasteiger partial charge < -0.3 is 0 Å². The van der Waals surface area contributed by atoms with Gasteiger partial charge in [-0.3, -0.25) is 4.99 Å². The van der Waals surface area contributed by atoms with E-state index >= 15 is 0 Å². The lowest BCUT2D eigenvalue weighted by atomic mass is 10.0. The molecule has 1 aliphatic rings. The summed E-state index contributed by atoms with van der Waals surface area (Å²) >= 11 is 0. The zero-order valence-corrected chi connectivity index (χ0v) is 6.59. The van der Waals surface area contributed by atoms with Gasteiger partial charge in [0, 0.05) is 12.8 Å². The monoisotopic (exact) mass is 135 g/mol. The quantitative estimate of drug-likeness (QED) is 0.489. The Kier molecular flexibility index (Phi) is 2.43. The Morgan fingerprint density at radius 1 is 1.60 bits per heavy atom. The fraction of sp³-hybridized carbons (Fsp3) is 0.444. The van der Waals surface area contributed by atoms with Crippen molar-refractivity contribution >= 4 is 5.71 Å². The summed E-state index contributed by atoms with van der Waals surface area (Å²) in [4.78, 5) is 4.13. The molecular formula is C9H13N. The van der Waals surface area contributed by atoms with Crippen LogP contribution >= 0.6 is 0 Å². The molecule has 0 bridgehead atoms. The van der Waals surface area contributed by atoms with Crippen LogP contribution in [0.2, 0.25) is 0 Å². The van der Waals surface area contributed by atoms with Crippen LogP contribution in [0.4, 0.5) is 0 Å². The van der Waals surface area contributed by atoms with Gasteiger partial charge in [0.25, 0.3) is 0 Å². The minimum Gasteiger partial charge on any atom is -0.293 e. The van der Waals surface area contributed by atoms with Gasteiger partial charge in [0.2, 0.25) is 0 Å². The summed E-state index contributed by atoms with van der Waals surface area (Å²) in [7, 11) is 1.84. The maximum Gasteiger partial charge on any atom is 0.0345 e. The minimum atomic E-state index is 1.15. The molecule has 1 rings (SSSR count). The van der Waals surface area contributed by atoms with Crippen LogP contribution in [-0.4, -0.2) is 12.8 Å². The smallest absolute Gasteiger partial charge is 0.0345 e. The van der Waals surface area contributed by atoms with Crippen LogP contribution in [-0.2, 0) is 0 Å². The normalized spacial score (nSPS) is 19.0. The van der Waals surface area contributed by atoms with E-state index in [0.717, 1.165) is 6.42 Å². The molecule has 0 aliphatic heterocycles. The first-order valence-electron chi connectivity index (χ1n) is 3.64. The van der Waals surface area contributed by atoms with Crippen molar-refractivity contribution in [2.24, 2.45) is 4.99 Å². The van der Waals surface area contributed by atoms with Crippen molar-refractivity contribution in [3.63, 3.8) is 0 Å². The van der Waals surface area contributed by atoms with Crippen molar-refractivity contribution < 1.29 is 0 Å². The highest BCUT2D eigenvalue weighted by Crippen LogP contribution is 2.12. The summed E-state index contributed by atoms with van der Waals surface area (Å²) in [6.45, 7) is 2.06. The van der Waals surface area contributed by atoms with Crippen LogP contribution in [0.1, 0.15) is 19.8 Å². The van der Waals surface area contributed by atoms with Crippen molar-refractivity contribution in [2.75, 3.05) is 7.05 Å². The number of aliphatic imine (C=N–C) groups is 1. The highest BCUT2D eigenvalue weighted by molar-refractivity contribution is 5.98. The Labute approximate surface area is 62.2 Å². The first kappa shape index (κ1) is 7.26. The maximum atomic E-state index is 4.13. The standard InChI is InChI=1S/C9H13N/c1-8(10-2)9-6-4-3-5-7-9/h3-4,6H,5,7H2,1-2H3. The topological polar surface area (TPSA) is 12.4 Å². The van der Waals surface area contributed by atoms with E-state index in [1.54, 1.807) is 0 Å². The van der Waals surface area contributed by atoms with Crippen molar-refractivity contribution in [3.8, 4) is 0 Å². The van der Waals surface area contributed by atoms with Gasteiger partial charge in [0.15, 0.2) is 0 Å². The van der Waals surface area contributed by atoms with Crippen LogP contribution < -0.4 is 0 Å². The highest BCUT2D eigenvalue weighted by Gasteiger charge is 2.00. The number of rotatable bonds is 1. The van der Waals surface area contributed by atoms with E-state index in [1.807, 2.05) is 7.05 Å². The van der Waals surface area contributed by atoms with Crippen molar-refractivity contribution in [3.05, 3.63) is 23.8 Å². The molecule has 0 aromatic rings. The van der Waals surface area contributed by atoms with Crippen LogP contribution in [0.25, 0.3) is 0 Å². The summed E-state index contributed by atoms with van der Waals surface area (Å²) in [5.74, 6) is 0. The van der Waals surface area contributed by atoms with E-state index in [4.69, 9.17) is 0 Å². The third-order valence-electron chi connectivity index (χ3n) is 1.81. The maximum absolute atomic E-state index is 4.13. The first-order chi connectivity index (χ1) is 4.84. The Balaban J connectivity index is 2.72. The molecule has 0 fully saturated rings. The molecule has 0 spiro atoms. The molecule has 0 aromatic heterocycles. The lowest BCUT2D eigenvalue weighted by Gasteiger charge is -2.06. The Morgan fingerprint density at radius 3 is 2.90 bits per heavy atom. The summed E-state index contributed by atoms with van der Waals surface area (Å²) in [6.07, 6.45) is 8.75. The Morgan fingerprint density at radius 2 is 2.40 bits per heavy atom. The fourth-order valence-corrected chi connectivity index (χ4v) is 1.05. The second kappa shape index (κ2) is 3.35. The SMILES string of the molecule is CN=C(C)C1=CC=CCC1. The summed E-state index contributed by atoms with van der Waals surface area (Å²) < 4.78 is 0. The molecule has 0 unspecified atom stereocenters. The van der Waals surface area contributed by atoms with Gasteiger partial charge in [-0.2, -0.15) is 0 Å². The average Bonchev–Trinajstić information content (AvgIpc) is 2.05. The molecule has 0 heterocycles. The highest BCUT2D eigenvalue weighted by atomic mass is 14.7. The number of hydrogen-bond donors (Lipinski definition) is 0. The largest absolute Gasteiger partial charge is 0.293 e. The van der Waals surface area contributed by atoms with Crippen LogP contribution in [0.15, 0.2) is 28.8 Å².